The van der Waals surface area contributed by atoms with E-state index in [0.29, 0.717) is 0 Å². The third-order valence-electron chi connectivity index (χ3n) is 2.77. The highest BCUT2D eigenvalue weighted by molar-refractivity contribution is 9.09. The SMILES string of the molecule is CCOC(=O)c1cccc(C(Br)C(C)=O)c1C(O)C(=O)O. The number of carboxylic acids is 1. The van der Waals surface area contributed by atoms with Gasteiger partial charge in [-0.25, -0.2) is 9.59 Å². The molecule has 2 unspecified atom stereocenters. The molecule has 114 valence electrons. The quantitative estimate of drug-likeness (QED) is 0.595. The molecule has 0 amide bonds. The first-order chi connectivity index (χ1) is 9.81. The van der Waals surface area contributed by atoms with Crippen molar-refractivity contribution < 1.29 is 29.3 Å². The van der Waals surface area contributed by atoms with E-state index < -0.39 is 22.9 Å². The Bertz CT molecular complexity index is 569. The fourth-order valence-electron chi connectivity index (χ4n) is 1.84. The summed E-state index contributed by atoms with van der Waals surface area (Å²) in [5, 5.41) is 18.9. The van der Waals surface area contributed by atoms with E-state index in [2.05, 4.69) is 15.9 Å². The Morgan fingerprint density at radius 2 is 1.95 bits per heavy atom. The average Bonchev–Trinajstić information content (AvgIpc) is 2.44. The van der Waals surface area contributed by atoms with Crippen molar-refractivity contribution in [1.82, 2.24) is 0 Å². The standard InChI is InChI=1S/C14H15BrO6/c1-3-21-14(20)9-6-4-5-8(11(15)7(2)16)10(9)12(17)13(18)19/h4-6,11-12,17H,3H2,1-2H3,(H,18,19). The zero-order valence-electron chi connectivity index (χ0n) is 11.5. The van der Waals surface area contributed by atoms with Crippen LogP contribution < -0.4 is 0 Å². The van der Waals surface area contributed by atoms with Crippen LogP contribution in [0.4, 0.5) is 0 Å². The minimum Gasteiger partial charge on any atom is -0.479 e. The monoisotopic (exact) mass is 358 g/mol. The number of aliphatic hydroxyl groups is 1. The second kappa shape index (κ2) is 7.33. The van der Waals surface area contributed by atoms with Crippen molar-refractivity contribution in [2.24, 2.45) is 0 Å². The van der Waals surface area contributed by atoms with Gasteiger partial charge in [-0.3, -0.25) is 4.79 Å². The van der Waals surface area contributed by atoms with Crippen LogP contribution in [0.15, 0.2) is 18.2 Å². The highest BCUT2D eigenvalue weighted by Gasteiger charge is 2.30. The number of benzene rings is 1. The molecule has 0 bridgehead atoms. The van der Waals surface area contributed by atoms with Gasteiger partial charge in [0.1, 0.15) is 5.78 Å². The summed E-state index contributed by atoms with van der Waals surface area (Å²) >= 11 is 3.14. The minimum atomic E-state index is -1.93. The summed E-state index contributed by atoms with van der Waals surface area (Å²) < 4.78 is 4.85. The Morgan fingerprint density at radius 1 is 1.33 bits per heavy atom. The lowest BCUT2D eigenvalue weighted by Gasteiger charge is -2.18. The van der Waals surface area contributed by atoms with Crippen LogP contribution in [-0.4, -0.2) is 34.5 Å². The lowest BCUT2D eigenvalue weighted by atomic mass is 9.93. The third-order valence-corrected chi connectivity index (χ3v) is 3.91. The van der Waals surface area contributed by atoms with Crippen molar-refractivity contribution >= 4 is 33.7 Å². The Hall–Kier alpha value is -1.73. The molecule has 0 saturated carbocycles. The van der Waals surface area contributed by atoms with Gasteiger partial charge in [0.05, 0.1) is 17.0 Å². The van der Waals surface area contributed by atoms with Crippen LogP contribution in [0.2, 0.25) is 0 Å². The maximum atomic E-state index is 11.9. The van der Waals surface area contributed by atoms with E-state index in [1.54, 1.807) is 6.92 Å². The van der Waals surface area contributed by atoms with Crippen molar-refractivity contribution in [3.63, 3.8) is 0 Å². The number of ketones is 1. The zero-order chi connectivity index (χ0) is 16.2. The van der Waals surface area contributed by atoms with Crippen LogP contribution in [0.25, 0.3) is 0 Å². The molecule has 1 aromatic rings. The van der Waals surface area contributed by atoms with E-state index in [0.717, 1.165) is 0 Å². The van der Waals surface area contributed by atoms with E-state index in [1.165, 1.54) is 25.1 Å². The van der Waals surface area contributed by atoms with E-state index in [9.17, 15) is 19.5 Å². The summed E-state index contributed by atoms with van der Waals surface area (Å²) in [7, 11) is 0. The number of hydrogen-bond acceptors (Lipinski definition) is 5. The number of carboxylic acid groups (broad SMARTS) is 1. The molecular weight excluding hydrogens is 344 g/mol. The lowest BCUT2D eigenvalue weighted by Crippen LogP contribution is -2.20. The molecule has 0 aliphatic heterocycles. The highest BCUT2D eigenvalue weighted by Crippen LogP contribution is 2.33. The van der Waals surface area contributed by atoms with E-state index in [-0.39, 0.29) is 29.1 Å². The average molecular weight is 359 g/mol. The van der Waals surface area contributed by atoms with Crippen molar-refractivity contribution in [3.8, 4) is 0 Å². The third kappa shape index (κ3) is 3.89. The fraction of sp³-hybridized carbons (Fsp3) is 0.357. The number of Topliss-reactive ketones (excluding diaryl/α,β-unsaturated/α-hetero) is 1. The molecule has 1 rings (SSSR count). The molecule has 0 spiro atoms. The number of halogens is 1. The molecule has 0 aliphatic rings. The predicted octanol–water partition coefficient (Wildman–Crippen LogP) is 2.01. The predicted molar refractivity (Wildman–Crippen MR) is 77.3 cm³/mol. The van der Waals surface area contributed by atoms with Crippen LogP contribution in [0.5, 0.6) is 0 Å². The van der Waals surface area contributed by atoms with Gasteiger partial charge in [-0.2, -0.15) is 0 Å². The lowest BCUT2D eigenvalue weighted by molar-refractivity contribution is -0.147. The van der Waals surface area contributed by atoms with Gasteiger partial charge in [0, 0.05) is 5.56 Å². The molecule has 2 atom stereocenters. The van der Waals surface area contributed by atoms with Crippen molar-refractivity contribution in [2.75, 3.05) is 6.61 Å². The zero-order valence-corrected chi connectivity index (χ0v) is 13.1. The first-order valence-electron chi connectivity index (χ1n) is 6.16. The molecule has 1 aromatic carbocycles. The Labute approximate surface area is 129 Å². The molecule has 21 heavy (non-hydrogen) atoms. The Balaban J connectivity index is 3.51. The van der Waals surface area contributed by atoms with Crippen molar-refractivity contribution in [3.05, 3.63) is 34.9 Å². The van der Waals surface area contributed by atoms with Crippen molar-refractivity contribution in [1.29, 1.82) is 0 Å². The minimum absolute atomic E-state index is 0.0741. The second-order valence-electron chi connectivity index (χ2n) is 4.24. The summed E-state index contributed by atoms with van der Waals surface area (Å²) in [6.45, 7) is 3.03. The largest absolute Gasteiger partial charge is 0.479 e. The maximum absolute atomic E-state index is 11.9. The van der Waals surface area contributed by atoms with Gasteiger partial charge in [-0.15, -0.1) is 0 Å². The molecule has 0 aliphatic carbocycles. The molecule has 0 heterocycles. The fourth-order valence-corrected chi connectivity index (χ4v) is 2.24. The normalized spacial score (nSPS) is 13.3. The van der Waals surface area contributed by atoms with Gasteiger partial charge in [0.2, 0.25) is 0 Å². The number of carbonyl (C=O) groups excluding carboxylic acids is 2. The summed E-state index contributed by atoms with van der Waals surface area (Å²) in [6, 6.07) is 4.32. The smallest absolute Gasteiger partial charge is 0.338 e. The molecular formula is C14H15BrO6. The van der Waals surface area contributed by atoms with Gasteiger partial charge in [0.25, 0.3) is 0 Å². The second-order valence-corrected chi connectivity index (χ2v) is 5.16. The maximum Gasteiger partial charge on any atom is 0.338 e. The first-order valence-corrected chi connectivity index (χ1v) is 7.08. The summed E-state index contributed by atoms with van der Waals surface area (Å²) in [5.74, 6) is -2.55. The van der Waals surface area contributed by atoms with Crippen LogP contribution in [0, 0.1) is 0 Å². The topological polar surface area (TPSA) is 101 Å². The van der Waals surface area contributed by atoms with Gasteiger partial charge in [-0.05, 0) is 25.5 Å². The number of alkyl halides is 1. The van der Waals surface area contributed by atoms with Crippen LogP contribution in [0.1, 0.15) is 46.3 Å². The van der Waals surface area contributed by atoms with E-state index >= 15 is 0 Å². The first kappa shape index (κ1) is 17.3. The molecule has 0 radical (unpaired) electrons. The van der Waals surface area contributed by atoms with Crippen LogP contribution in [0.3, 0.4) is 0 Å². The number of aliphatic carboxylic acids is 1. The molecule has 0 aromatic heterocycles. The number of esters is 1. The number of rotatable bonds is 6. The van der Waals surface area contributed by atoms with Gasteiger partial charge in [-0.1, -0.05) is 28.1 Å². The Kier molecular flexibility index (Phi) is 6.04. The molecule has 6 nitrogen and oxygen atoms in total. The summed E-state index contributed by atoms with van der Waals surface area (Å²) in [4.78, 5) is 33.7. The molecule has 0 fully saturated rings. The molecule has 0 saturated heterocycles. The van der Waals surface area contributed by atoms with E-state index in [1.807, 2.05) is 0 Å². The van der Waals surface area contributed by atoms with Gasteiger partial charge >= 0.3 is 11.9 Å². The Morgan fingerprint density at radius 3 is 2.43 bits per heavy atom. The molecule has 7 heteroatoms. The summed E-state index contributed by atoms with van der Waals surface area (Å²) in [5.41, 5.74) is 0.0124. The van der Waals surface area contributed by atoms with E-state index in [4.69, 9.17) is 9.84 Å². The number of carbonyl (C=O) groups is 3. The number of aliphatic hydroxyl groups excluding tert-OH is 1. The van der Waals surface area contributed by atoms with Crippen LogP contribution in [-0.2, 0) is 14.3 Å². The summed E-state index contributed by atoms with van der Waals surface area (Å²) in [6.07, 6.45) is -1.93. The van der Waals surface area contributed by atoms with Gasteiger partial charge < -0.3 is 14.9 Å². The van der Waals surface area contributed by atoms with Crippen LogP contribution >= 0.6 is 15.9 Å². The number of hydrogen-bond donors (Lipinski definition) is 2. The van der Waals surface area contributed by atoms with Gasteiger partial charge in [0.15, 0.2) is 6.10 Å². The number of ether oxygens (including phenoxy) is 1. The van der Waals surface area contributed by atoms with Crippen molar-refractivity contribution in [2.45, 2.75) is 24.8 Å². The highest BCUT2D eigenvalue weighted by atomic mass is 79.9. The molecule has 2 N–H and O–H groups in total.